The zero-order valence-corrected chi connectivity index (χ0v) is 12.4. The van der Waals surface area contributed by atoms with Gasteiger partial charge < -0.3 is 10.1 Å². The highest BCUT2D eigenvalue weighted by Crippen LogP contribution is 2.20. The van der Waals surface area contributed by atoms with Crippen LogP contribution in [0.4, 0.5) is 5.82 Å². The first-order valence-corrected chi connectivity index (χ1v) is 7.25. The van der Waals surface area contributed by atoms with Gasteiger partial charge in [-0.3, -0.25) is 5.10 Å². The molecule has 0 bridgehead atoms. The molecule has 3 aromatic rings. The van der Waals surface area contributed by atoms with E-state index < -0.39 is 5.97 Å². The third kappa shape index (κ3) is 3.09. The number of aromatic nitrogens is 5. The number of thiophene rings is 1. The van der Waals surface area contributed by atoms with Crippen molar-refractivity contribution >= 4 is 23.1 Å². The normalized spacial score (nSPS) is 10.4. The van der Waals surface area contributed by atoms with E-state index in [4.69, 9.17) is 0 Å². The molecule has 0 aliphatic carbocycles. The number of ether oxygens (including phenoxy) is 1. The predicted molar refractivity (Wildman–Crippen MR) is 80.4 cm³/mol. The lowest BCUT2D eigenvalue weighted by Gasteiger charge is -2.02. The fraction of sp³-hybridized carbons (Fsp3) is 0.154. The molecule has 0 amide bonds. The molecule has 3 rings (SSSR count). The number of carbonyl (C=O) groups is 1. The van der Waals surface area contributed by atoms with E-state index in [1.165, 1.54) is 7.11 Å². The van der Waals surface area contributed by atoms with Gasteiger partial charge in [0.2, 0.25) is 0 Å². The van der Waals surface area contributed by atoms with Crippen molar-refractivity contribution in [2.45, 2.75) is 6.54 Å². The number of anilines is 1. The van der Waals surface area contributed by atoms with E-state index in [1.807, 2.05) is 17.5 Å². The van der Waals surface area contributed by atoms with Crippen molar-refractivity contribution in [3.05, 3.63) is 41.2 Å². The Labute approximate surface area is 129 Å². The topological polar surface area (TPSA) is 106 Å². The highest BCUT2D eigenvalue weighted by molar-refractivity contribution is 7.13. The summed E-state index contributed by atoms with van der Waals surface area (Å²) in [7, 11) is 1.30. The minimum Gasteiger partial charge on any atom is -0.464 e. The number of H-pyrrole nitrogens is 1. The maximum Gasteiger partial charge on any atom is 0.358 e. The van der Waals surface area contributed by atoms with Crippen LogP contribution in [-0.2, 0) is 11.3 Å². The molecule has 0 unspecified atom stereocenters. The number of rotatable bonds is 5. The quantitative estimate of drug-likeness (QED) is 0.690. The minimum absolute atomic E-state index is 0.160. The minimum atomic E-state index is -0.519. The lowest BCUT2D eigenvalue weighted by atomic mass is 10.4. The van der Waals surface area contributed by atoms with Gasteiger partial charge in [0.1, 0.15) is 11.6 Å². The van der Waals surface area contributed by atoms with Crippen molar-refractivity contribution < 1.29 is 9.53 Å². The standard InChI is InChI=1S/C13H12N6O2S/c1-21-13(20)8-4-5-10(17-16-8)14-7-11-15-12(19-18-11)9-3-2-6-22-9/h2-6H,7H2,1H3,(H,14,17)(H,15,18,19). The van der Waals surface area contributed by atoms with Crippen LogP contribution in [0.1, 0.15) is 16.3 Å². The number of aromatic amines is 1. The Hall–Kier alpha value is -2.81. The third-order valence-corrected chi connectivity index (χ3v) is 3.64. The highest BCUT2D eigenvalue weighted by Gasteiger charge is 2.09. The van der Waals surface area contributed by atoms with Gasteiger partial charge >= 0.3 is 5.97 Å². The molecule has 0 radical (unpaired) electrons. The first-order chi connectivity index (χ1) is 10.8. The molecule has 0 aliphatic heterocycles. The van der Waals surface area contributed by atoms with Gasteiger partial charge in [-0.25, -0.2) is 9.78 Å². The lowest BCUT2D eigenvalue weighted by molar-refractivity contribution is 0.0593. The molecule has 8 nitrogen and oxygen atoms in total. The van der Waals surface area contributed by atoms with E-state index in [2.05, 4.69) is 35.4 Å². The van der Waals surface area contributed by atoms with E-state index in [0.29, 0.717) is 24.0 Å². The van der Waals surface area contributed by atoms with Gasteiger partial charge in [0, 0.05) is 0 Å². The van der Waals surface area contributed by atoms with Crippen molar-refractivity contribution in [1.29, 1.82) is 0 Å². The largest absolute Gasteiger partial charge is 0.464 e. The second kappa shape index (κ2) is 6.31. The summed E-state index contributed by atoms with van der Waals surface area (Å²) in [5, 5.41) is 19.7. The molecule has 0 saturated heterocycles. The first-order valence-electron chi connectivity index (χ1n) is 6.37. The van der Waals surface area contributed by atoms with Crippen LogP contribution in [0.2, 0.25) is 0 Å². The monoisotopic (exact) mass is 316 g/mol. The van der Waals surface area contributed by atoms with Gasteiger partial charge in [0.25, 0.3) is 0 Å². The molecule has 0 aromatic carbocycles. The van der Waals surface area contributed by atoms with Crippen molar-refractivity contribution in [3.63, 3.8) is 0 Å². The Bertz CT molecular complexity index is 753. The van der Waals surface area contributed by atoms with Gasteiger partial charge in [-0.1, -0.05) is 6.07 Å². The van der Waals surface area contributed by atoms with Crippen LogP contribution in [0.15, 0.2) is 29.6 Å². The SMILES string of the molecule is COC(=O)c1ccc(NCc2nc(-c3cccs3)n[nH]2)nn1. The summed E-state index contributed by atoms with van der Waals surface area (Å²) in [6.45, 7) is 0.421. The lowest BCUT2D eigenvalue weighted by Crippen LogP contribution is -2.08. The molecule has 112 valence electrons. The molecular weight excluding hydrogens is 304 g/mol. The second-order valence-corrected chi connectivity index (χ2v) is 5.18. The number of hydrogen-bond acceptors (Lipinski definition) is 8. The summed E-state index contributed by atoms with van der Waals surface area (Å²) in [6.07, 6.45) is 0. The molecule has 0 atom stereocenters. The Morgan fingerprint density at radius 2 is 2.27 bits per heavy atom. The molecule has 9 heteroatoms. The Morgan fingerprint density at radius 1 is 1.36 bits per heavy atom. The molecule has 22 heavy (non-hydrogen) atoms. The van der Waals surface area contributed by atoms with E-state index in [-0.39, 0.29) is 5.69 Å². The van der Waals surface area contributed by atoms with E-state index in [0.717, 1.165) is 4.88 Å². The van der Waals surface area contributed by atoms with Gasteiger partial charge in [0.05, 0.1) is 18.5 Å². The van der Waals surface area contributed by atoms with Crippen molar-refractivity contribution in [3.8, 4) is 10.7 Å². The summed E-state index contributed by atoms with van der Waals surface area (Å²) in [5.74, 6) is 1.36. The van der Waals surface area contributed by atoms with Crippen LogP contribution in [0.3, 0.4) is 0 Å². The van der Waals surface area contributed by atoms with Crippen molar-refractivity contribution in [2.75, 3.05) is 12.4 Å². The van der Waals surface area contributed by atoms with Crippen LogP contribution >= 0.6 is 11.3 Å². The number of hydrogen-bond donors (Lipinski definition) is 2. The van der Waals surface area contributed by atoms with Crippen LogP contribution in [-0.4, -0.2) is 38.5 Å². The number of nitrogens with one attached hydrogen (secondary N) is 2. The molecule has 3 heterocycles. The van der Waals surface area contributed by atoms with Gasteiger partial charge in [-0.15, -0.1) is 21.5 Å². The number of methoxy groups -OCH3 is 1. The zero-order valence-electron chi connectivity index (χ0n) is 11.6. The summed E-state index contributed by atoms with van der Waals surface area (Å²) in [4.78, 5) is 16.6. The summed E-state index contributed by atoms with van der Waals surface area (Å²) in [5.41, 5.74) is 0.160. The molecule has 0 fully saturated rings. The number of carbonyl (C=O) groups excluding carboxylic acids is 1. The maximum absolute atomic E-state index is 11.3. The molecular formula is C13H12N6O2S. The van der Waals surface area contributed by atoms with E-state index in [1.54, 1.807) is 23.5 Å². The number of esters is 1. The molecule has 0 aliphatic rings. The van der Waals surface area contributed by atoms with E-state index in [9.17, 15) is 4.79 Å². The molecule has 2 N–H and O–H groups in total. The third-order valence-electron chi connectivity index (χ3n) is 2.77. The average Bonchev–Trinajstić information content (AvgIpc) is 3.23. The maximum atomic E-state index is 11.3. The van der Waals surface area contributed by atoms with Crippen molar-refractivity contribution in [1.82, 2.24) is 25.4 Å². The Balaban J connectivity index is 1.62. The highest BCUT2D eigenvalue weighted by atomic mass is 32.1. The smallest absolute Gasteiger partial charge is 0.358 e. The predicted octanol–water partition coefficient (Wildman–Crippen LogP) is 1.72. The molecule has 0 spiro atoms. The fourth-order valence-electron chi connectivity index (χ4n) is 1.70. The van der Waals surface area contributed by atoms with Crippen LogP contribution in [0, 0.1) is 0 Å². The summed E-state index contributed by atoms with van der Waals surface area (Å²) >= 11 is 1.58. The summed E-state index contributed by atoms with van der Waals surface area (Å²) in [6, 6.07) is 7.10. The van der Waals surface area contributed by atoms with Gasteiger partial charge in [-0.05, 0) is 23.6 Å². The van der Waals surface area contributed by atoms with Crippen molar-refractivity contribution in [2.24, 2.45) is 0 Å². The molecule has 0 saturated carbocycles. The van der Waals surface area contributed by atoms with Crippen LogP contribution in [0.25, 0.3) is 10.7 Å². The fourth-order valence-corrected chi connectivity index (χ4v) is 2.36. The Morgan fingerprint density at radius 3 is 2.95 bits per heavy atom. The van der Waals surface area contributed by atoms with E-state index >= 15 is 0 Å². The second-order valence-electron chi connectivity index (χ2n) is 4.23. The van der Waals surface area contributed by atoms with Crippen LogP contribution in [0.5, 0.6) is 0 Å². The summed E-state index contributed by atoms with van der Waals surface area (Å²) < 4.78 is 4.56. The van der Waals surface area contributed by atoms with Gasteiger partial charge in [0.15, 0.2) is 11.5 Å². The first kappa shape index (κ1) is 14.1. The Kier molecular flexibility index (Phi) is 4.05. The number of nitrogens with zero attached hydrogens (tertiary/aromatic N) is 4. The zero-order chi connectivity index (χ0) is 15.4. The van der Waals surface area contributed by atoms with Crippen LogP contribution < -0.4 is 5.32 Å². The molecule has 3 aromatic heterocycles. The average molecular weight is 316 g/mol. The van der Waals surface area contributed by atoms with Gasteiger partial charge in [-0.2, -0.15) is 5.10 Å².